The van der Waals surface area contributed by atoms with Crippen molar-refractivity contribution in [3.05, 3.63) is 79.9 Å². The molecule has 2 heterocycles. The van der Waals surface area contributed by atoms with E-state index in [9.17, 15) is 19.2 Å². The zero-order valence-corrected chi connectivity index (χ0v) is 23.3. The molecule has 0 radical (unpaired) electrons. The molecule has 9 nitrogen and oxygen atoms in total. The molecule has 2 amide bonds. The lowest BCUT2D eigenvalue weighted by Gasteiger charge is -2.19. The maximum atomic E-state index is 13.0. The first-order valence-electron chi connectivity index (χ1n) is 13.0. The summed E-state index contributed by atoms with van der Waals surface area (Å²) in [5.41, 5.74) is 4.25. The molecule has 2 aromatic carbocycles. The lowest BCUT2D eigenvalue weighted by atomic mass is 9.98. The summed E-state index contributed by atoms with van der Waals surface area (Å²) in [6.07, 6.45) is 2.16. The van der Waals surface area contributed by atoms with Crippen LogP contribution in [-0.2, 0) is 27.2 Å². The van der Waals surface area contributed by atoms with E-state index >= 15 is 0 Å². The van der Waals surface area contributed by atoms with E-state index < -0.39 is 29.5 Å². The quantitative estimate of drug-likeness (QED) is 0.176. The van der Waals surface area contributed by atoms with Gasteiger partial charge < -0.3 is 24.6 Å². The van der Waals surface area contributed by atoms with Crippen molar-refractivity contribution < 1.29 is 28.3 Å². The van der Waals surface area contributed by atoms with Gasteiger partial charge in [0, 0.05) is 52.7 Å². The highest BCUT2D eigenvalue weighted by molar-refractivity contribution is 6.30. The van der Waals surface area contributed by atoms with Crippen LogP contribution in [0, 0.1) is 20.8 Å². The Hall–Kier alpha value is -4.11. The molecule has 0 fully saturated rings. The smallest absolute Gasteiger partial charge is 0.339 e. The van der Waals surface area contributed by atoms with E-state index in [4.69, 9.17) is 25.5 Å². The standard InChI is InChI=1S/C30H31ClN2O7/c1-16-15-39-27-18(3)28-23(14-22(16)27)17(2)21(30(38)40-28)10-11-25(34)33-24(13-19-6-8-20(31)9-7-19)29(37)32-12-4-5-26(35)36/h6-9,14-15,24H,4-5,10-13H2,1-3H3,(H,32,37)(H,33,34)(H,35,36)/t24-/m0/s1. The average Bonchev–Trinajstić information content (AvgIpc) is 3.28. The molecule has 0 aliphatic carbocycles. The summed E-state index contributed by atoms with van der Waals surface area (Å²) in [5, 5.41) is 16.6. The van der Waals surface area contributed by atoms with Crippen LogP contribution in [0.3, 0.4) is 0 Å². The lowest BCUT2D eigenvalue weighted by Crippen LogP contribution is -2.48. The normalized spacial score (nSPS) is 12.0. The van der Waals surface area contributed by atoms with E-state index in [1.165, 1.54) is 0 Å². The second kappa shape index (κ2) is 12.4. The highest BCUT2D eigenvalue weighted by atomic mass is 35.5. The largest absolute Gasteiger partial charge is 0.481 e. The first-order chi connectivity index (χ1) is 19.0. The van der Waals surface area contributed by atoms with E-state index in [2.05, 4.69) is 10.6 Å². The molecule has 10 heteroatoms. The number of carbonyl (C=O) groups excluding carboxylic acids is 2. The van der Waals surface area contributed by atoms with Crippen molar-refractivity contribution in [1.29, 1.82) is 0 Å². The number of aliphatic carboxylic acids is 1. The number of fused-ring (bicyclic) bond motifs is 2. The van der Waals surface area contributed by atoms with Crippen molar-refractivity contribution in [2.45, 2.75) is 58.9 Å². The Bertz CT molecular complexity index is 1640. The lowest BCUT2D eigenvalue weighted by molar-refractivity contribution is -0.137. The van der Waals surface area contributed by atoms with Crippen LogP contribution in [0.1, 0.15) is 47.1 Å². The van der Waals surface area contributed by atoms with Gasteiger partial charge in [0.2, 0.25) is 11.8 Å². The Labute approximate surface area is 235 Å². The molecule has 0 unspecified atom stereocenters. The third-order valence-electron chi connectivity index (χ3n) is 7.01. The van der Waals surface area contributed by atoms with Gasteiger partial charge in [-0.05, 0) is 68.5 Å². The number of carboxylic acids is 1. The van der Waals surface area contributed by atoms with E-state index in [0.29, 0.717) is 21.8 Å². The van der Waals surface area contributed by atoms with Crippen molar-refractivity contribution >= 4 is 51.3 Å². The van der Waals surface area contributed by atoms with Crippen molar-refractivity contribution in [3.63, 3.8) is 0 Å². The van der Waals surface area contributed by atoms with E-state index in [-0.39, 0.29) is 38.6 Å². The predicted octanol–water partition coefficient (Wildman–Crippen LogP) is 4.76. The second-order valence-electron chi connectivity index (χ2n) is 9.91. The summed E-state index contributed by atoms with van der Waals surface area (Å²) in [6.45, 7) is 5.79. The first kappa shape index (κ1) is 28.9. The fraction of sp³-hybridized carbons (Fsp3) is 0.333. The number of amides is 2. The van der Waals surface area contributed by atoms with Crippen LogP contribution < -0.4 is 16.3 Å². The summed E-state index contributed by atoms with van der Waals surface area (Å²) in [5.74, 6) is -1.78. The van der Waals surface area contributed by atoms with Gasteiger partial charge in [0.25, 0.3) is 0 Å². The van der Waals surface area contributed by atoms with Crippen molar-refractivity contribution in [2.24, 2.45) is 0 Å². The molecule has 0 spiro atoms. The van der Waals surface area contributed by atoms with Gasteiger partial charge >= 0.3 is 11.6 Å². The highest BCUT2D eigenvalue weighted by Crippen LogP contribution is 2.32. The zero-order chi connectivity index (χ0) is 29.0. The molecule has 1 atom stereocenters. The minimum Gasteiger partial charge on any atom is -0.481 e. The number of hydrogen-bond donors (Lipinski definition) is 3. The van der Waals surface area contributed by atoms with Gasteiger partial charge in [0.1, 0.15) is 17.2 Å². The number of carbonyl (C=O) groups is 3. The summed E-state index contributed by atoms with van der Waals surface area (Å²) in [6, 6.07) is 7.97. The van der Waals surface area contributed by atoms with Gasteiger partial charge in [-0.15, -0.1) is 0 Å². The topological polar surface area (TPSA) is 139 Å². The van der Waals surface area contributed by atoms with Crippen LogP contribution in [0.5, 0.6) is 0 Å². The van der Waals surface area contributed by atoms with Gasteiger partial charge in [-0.3, -0.25) is 14.4 Å². The number of halogens is 1. The third kappa shape index (κ3) is 6.54. The third-order valence-corrected chi connectivity index (χ3v) is 7.26. The van der Waals surface area contributed by atoms with Gasteiger partial charge in [0.15, 0.2) is 0 Å². The van der Waals surface area contributed by atoms with Gasteiger partial charge in [-0.25, -0.2) is 4.79 Å². The molecule has 40 heavy (non-hydrogen) atoms. The van der Waals surface area contributed by atoms with Crippen molar-refractivity contribution in [1.82, 2.24) is 10.6 Å². The highest BCUT2D eigenvalue weighted by Gasteiger charge is 2.23. The fourth-order valence-corrected chi connectivity index (χ4v) is 4.88. The minimum absolute atomic E-state index is 0.0352. The van der Waals surface area contributed by atoms with E-state index in [1.807, 2.05) is 26.8 Å². The van der Waals surface area contributed by atoms with Gasteiger partial charge in [-0.2, -0.15) is 0 Å². The van der Waals surface area contributed by atoms with E-state index in [1.54, 1.807) is 30.5 Å². The summed E-state index contributed by atoms with van der Waals surface area (Å²) >= 11 is 5.97. The molecule has 0 bridgehead atoms. The van der Waals surface area contributed by atoms with Crippen LogP contribution >= 0.6 is 11.6 Å². The number of carboxylic acid groups (broad SMARTS) is 1. The molecular formula is C30H31ClN2O7. The van der Waals surface area contributed by atoms with Crippen molar-refractivity contribution in [3.8, 4) is 0 Å². The maximum Gasteiger partial charge on any atom is 0.339 e. The van der Waals surface area contributed by atoms with Gasteiger partial charge in [-0.1, -0.05) is 23.7 Å². The van der Waals surface area contributed by atoms with Crippen LogP contribution in [0.25, 0.3) is 21.9 Å². The number of rotatable bonds is 11. The van der Waals surface area contributed by atoms with Crippen molar-refractivity contribution in [2.75, 3.05) is 6.54 Å². The summed E-state index contributed by atoms with van der Waals surface area (Å²) in [4.78, 5) is 49.6. The molecule has 4 rings (SSSR count). The predicted molar refractivity (Wildman–Crippen MR) is 152 cm³/mol. The molecule has 210 valence electrons. The van der Waals surface area contributed by atoms with E-state index in [0.717, 1.165) is 33.0 Å². The Balaban J connectivity index is 1.50. The van der Waals surface area contributed by atoms with Crippen LogP contribution in [0.15, 0.2) is 50.2 Å². The number of hydrogen-bond acceptors (Lipinski definition) is 6. The Morgan fingerprint density at radius 2 is 1.73 bits per heavy atom. The maximum absolute atomic E-state index is 13.0. The Kier molecular flexibility index (Phi) is 8.94. The Morgan fingerprint density at radius 3 is 2.42 bits per heavy atom. The average molecular weight is 567 g/mol. The van der Waals surface area contributed by atoms with Crippen LogP contribution in [0.2, 0.25) is 5.02 Å². The molecule has 0 saturated heterocycles. The number of furan rings is 1. The molecule has 0 aliphatic heterocycles. The SMILES string of the molecule is Cc1coc2c(C)c3oc(=O)c(CCC(=O)N[C@@H](Cc4ccc(Cl)cc4)C(=O)NCCCC(=O)O)c(C)c3cc12. The monoisotopic (exact) mass is 566 g/mol. The summed E-state index contributed by atoms with van der Waals surface area (Å²) < 4.78 is 11.3. The molecule has 0 aliphatic rings. The van der Waals surface area contributed by atoms with Crippen LogP contribution in [0.4, 0.5) is 0 Å². The molecule has 4 aromatic rings. The minimum atomic E-state index is -0.951. The summed E-state index contributed by atoms with van der Waals surface area (Å²) in [7, 11) is 0. The van der Waals surface area contributed by atoms with Gasteiger partial charge in [0.05, 0.1) is 6.26 Å². The zero-order valence-electron chi connectivity index (χ0n) is 22.6. The second-order valence-corrected chi connectivity index (χ2v) is 10.3. The number of nitrogens with one attached hydrogen (secondary N) is 2. The number of benzene rings is 2. The Morgan fingerprint density at radius 1 is 1.00 bits per heavy atom. The fourth-order valence-electron chi connectivity index (χ4n) is 4.75. The van der Waals surface area contributed by atoms with Crippen LogP contribution in [-0.4, -0.2) is 35.5 Å². The number of aryl methyl sites for hydroxylation is 3. The molecule has 2 aromatic heterocycles. The first-order valence-corrected chi connectivity index (χ1v) is 13.4. The molecule has 3 N–H and O–H groups in total. The molecular weight excluding hydrogens is 536 g/mol. The molecule has 0 saturated carbocycles.